The standard InChI is InChI=1S/C19H15ClN4O3/c1-22-10-8-17-16(22)3-2-9-23(17)24-18(25)14(19(26)27)11-15(21-24)12-4-6-13(20)7-5-12/h2-9,11H,10H2,1H3,(H,26,27). The van der Waals surface area contributed by atoms with Gasteiger partial charge in [0.15, 0.2) is 0 Å². The van der Waals surface area contributed by atoms with Gasteiger partial charge in [0.05, 0.1) is 17.1 Å². The van der Waals surface area contributed by atoms with Gasteiger partial charge in [0.25, 0.3) is 0 Å². The van der Waals surface area contributed by atoms with Gasteiger partial charge in [0, 0.05) is 30.4 Å². The lowest BCUT2D eigenvalue weighted by atomic mass is 10.1. The number of aromatic nitrogens is 2. The third-order valence-electron chi connectivity index (χ3n) is 4.43. The largest absolute Gasteiger partial charge is 0.477 e. The van der Waals surface area contributed by atoms with Gasteiger partial charge < -0.3 is 10.0 Å². The van der Waals surface area contributed by atoms with Crippen molar-refractivity contribution in [3.05, 3.63) is 87.1 Å². The van der Waals surface area contributed by atoms with Crippen molar-refractivity contribution in [1.29, 1.82) is 0 Å². The Morgan fingerprint density at radius 3 is 2.67 bits per heavy atom. The average molecular weight is 383 g/mol. The Morgan fingerprint density at radius 1 is 1.22 bits per heavy atom. The van der Waals surface area contributed by atoms with E-state index in [1.54, 1.807) is 41.6 Å². The molecule has 3 heterocycles. The van der Waals surface area contributed by atoms with E-state index in [2.05, 4.69) is 5.10 Å². The summed E-state index contributed by atoms with van der Waals surface area (Å²) < 4.78 is 0. The van der Waals surface area contributed by atoms with E-state index in [0.29, 0.717) is 22.8 Å². The molecule has 136 valence electrons. The second-order valence-electron chi connectivity index (χ2n) is 6.16. The van der Waals surface area contributed by atoms with E-state index >= 15 is 0 Å². The minimum Gasteiger partial charge on any atom is -0.477 e. The monoisotopic (exact) mass is 382 g/mol. The zero-order chi connectivity index (χ0) is 19.1. The summed E-state index contributed by atoms with van der Waals surface area (Å²) in [6.07, 6.45) is 7.36. The van der Waals surface area contributed by atoms with Crippen LogP contribution in [0.5, 0.6) is 0 Å². The highest BCUT2D eigenvalue weighted by atomic mass is 35.5. The zero-order valence-corrected chi connectivity index (χ0v) is 15.1. The fraction of sp³-hybridized carbons (Fsp3) is 0.105. The molecule has 2 aliphatic rings. The molecule has 2 aromatic rings. The Balaban J connectivity index is 1.89. The van der Waals surface area contributed by atoms with Gasteiger partial charge in [0.1, 0.15) is 5.56 Å². The molecule has 0 unspecified atom stereocenters. The van der Waals surface area contributed by atoms with Gasteiger partial charge in [-0.15, -0.1) is 9.89 Å². The van der Waals surface area contributed by atoms with Crippen molar-refractivity contribution >= 4 is 17.6 Å². The first-order chi connectivity index (χ1) is 13.0. The first kappa shape index (κ1) is 17.1. The number of fused-ring (bicyclic) bond motifs is 1. The fourth-order valence-electron chi connectivity index (χ4n) is 3.05. The summed E-state index contributed by atoms with van der Waals surface area (Å²) in [5, 5.41) is 16.0. The number of carbonyl (C=O) groups is 1. The van der Waals surface area contributed by atoms with E-state index in [1.165, 1.54) is 6.07 Å². The molecule has 2 aliphatic heterocycles. The molecule has 0 bridgehead atoms. The lowest BCUT2D eigenvalue weighted by Crippen LogP contribution is -2.43. The van der Waals surface area contributed by atoms with Gasteiger partial charge in [-0.1, -0.05) is 23.7 Å². The summed E-state index contributed by atoms with van der Waals surface area (Å²) >= 11 is 5.93. The molecule has 1 N–H and O–H groups in total. The van der Waals surface area contributed by atoms with E-state index in [9.17, 15) is 14.7 Å². The average Bonchev–Trinajstić information content (AvgIpc) is 3.04. The number of hydrogen-bond acceptors (Lipinski definition) is 5. The highest BCUT2D eigenvalue weighted by Crippen LogP contribution is 2.27. The Kier molecular flexibility index (Phi) is 4.08. The maximum absolute atomic E-state index is 12.8. The Morgan fingerprint density at radius 2 is 1.96 bits per heavy atom. The molecule has 0 spiro atoms. The quantitative estimate of drug-likeness (QED) is 0.878. The van der Waals surface area contributed by atoms with Crippen LogP contribution in [0.15, 0.2) is 70.9 Å². The number of benzene rings is 1. The van der Waals surface area contributed by atoms with E-state index < -0.39 is 11.5 Å². The number of likely N-dealkylation sites (N-methyl/N-ethyl adjacent to an activating group) is 1. The molecule has 1 aromatic carbocycles. The fourth-order valence-corrected chi connectivity index (χ4v) is 3.18. The van der Waals surface area contributed by atoms with Gasteiger partial charge in [-0.2, -0.15) is 0 Å². The van der Waals surface area contributed by atoms with Crippen LogP contribution in [0.2, 0.25) is 5.02 Å². The number of hydrogen-bond donors (Lipinski definition) is 1. The van der Waals surface area contributed by atoms with Crippen LogP contribution in [0, 0.1) is 0 Å². The Hall–Kier alpha value is -3.32. The lowest BCUT2D eigenvalue weighted by molar-refractivity contribution is 0.0694. The second-order valence-corrected chi connectivity index (χ2v) is 6.59. The molecule has 0 atom stereocenters. The van der Waals surface area contributed by atoms with E-state index in [-0.39, 0.29) is 5.56 Å². The van der Waals surface area contributed by atoms with E-state index in [4.69, 9.17) is 11.6 Å². The van der Waals surface area contributed by atoms with Crippen molar-refractivity contribution in [2.45, 2.75) is 0 Å². The van der Waals surface area contributed by atoms with Crippen LogP contribution in [0.4, 0.5) is 0 Å². The van der Waals surface area contributed by atoms with Crippen molar-refractivity contribution in [3.8, 4) is 11.3 Å². The van der Waals surface area contributed by atoms with Crippen LogP contribution in [0.25, 0.3) is 11.3 Å². The highest BCUT2D eigenvalue weighted by molar-refractivity contribution is 6.30. The third kappa shape index (κ3) is 2.92. The summed E-state index contributed by atoms with van der Waals surface area (Å²) in [6, 6.07) is 8.11. The van der Waals surface area contributed by atoms with Crippen molar-refractivity contribution in [3.63, 3.8) is 0 Å². The SMILES string of the molecule is CN1CC=C2C1=CC=CN2n1nc(-c2ccc(Cl)cc2)cc(C(=O)O)c1=O. The van der Waals surface area contributed by atoms with Gasteiger partial charge in [0.2, 0.25) is 0 Å². The van der Waals surface area contributed by atoms with Gasteiger partial charge >= 0.3 is 11.5 Å². The van der Waals surface area contributed by atoms with Crippen LogP contribution in [0.3, 0.4) is 0 Å². The first-order valence-electron chi connectivity index (χ1n) is 8.19. The summed E-state index contributed by atoms with van der Waals surface area (Å²) in [6.45, 7) is 0.691. The molecule has 0 amide bonds. The van der Waals surface area contributed by atoms with Crippen molar-refractivity contribution in [2.75, 3.05) is 18.6 Å². The number of halogens is 1. The zero-order valence-electron chi connectivity index (χ0n) is 14.3. The summed E-state index contributed by atoms with van der Waals surface area (Å²) in [4.78, 5) is 27.5. The predicted octanol–water partition coefficient (Wildman–Crippen LogP) is 2.44. The molecule has 4 rings (SSSR count). The molecule has 0 saturated carbocycles. The predicted molar refractivity (Wildman–Crippen MR) is 102 cm³/mol. The number of rotatable bonds is 3. The summed E-state index contributed by atoms with van der Waals surface area (Å²) in [5.41, 5.74) is 1.66. The molecule has 8 heteroatoms. The smallest absolute Gasteiger partial charge is 0.341 e. The van der Waals surface area contributed by atoms with E-state index in [1.807, 2.05) is 24.1 Å². The maximum atomic E-state index is 12.8. The summed E-state index contributed by atoms with van der Waals surface area (Å²) in [7, 11) is 1.94. The second kappa shape index (κ2) is 6.44. The number of carboxylic acid groups (broad SMARTS) is 1. The summed E-state index contributed by atoms with van der Waals surface area (Å²) in [5.74, 6) is -1.30. The molecule has 0 fully saturated rings. The third-order valence-corrected chi connectivity index (χ3v) is 4.68. The van der Waals surface area contributed by atoms with E-state index in [0.717, 1.165) is 16.2 Å². The molecule has 0 aliphatic carbocycles. The Labute approximate surface area is 159 Å². The number of aromatic carboxylic acids is 1. The molecule has 27 heavy (non-hydrogen) atoms. The number of nitrogens with zero attached hydrogens (tertiary/aromatic N) is 4. The number of allylic oxidation sites excluding steroid dienone is 2. The molecule has 0 radical (unpaired) electrons. The highest BCUT2D eigenvalue weighted by Gasteiger charge is 2.27. The van der Waals surface area contributed by atoms with Gasteiger partial charge in [-0.05, 0) is 36.4 Å². The molecule has 0 saturated heterocycles. The van der Waals surface area contributed by atoms with Crippen LogP contribution >= 0.6 is 11.6 Å². The molecule has 7 nitrogen and oxygen atoms in total. The van der Waals surface area contributed by atoms with Gasteiger partial charge in [-0.3, -0.25) is 4.79 Å². The molecule has 1 aromatic heterocycles. The van der Waals surface area contributed by atoms with Crippen LogP contribution in [-0.2, 0) is 0 Å². The van der Waals surface area contributed by atoms with Crippen LogP contribution < -0.4 is 10.6 Å². The van der Waals surface area contributed by atoms with Crippen LogP contribution in [0.1, 0.15) is 10.4 Å². The topological polar surface area (TPSA) is 78.7 Å². The normalized spacial score (nSPS) is 15.5. The first-order valence-corrected chi connectivity index (χ1v) is 8.57. The minimum atomic E-state index is -1.30. The molecular weight excluding hydrogens is 368 g/mol. The maximum Gasteiger partial charge on any atom is 0.341 e. The minimum absolute atomic E-state index is 0.355. The lowest BCUT2D eigenvalue weighted by Gasteiger charge is -2.28. The number of carboxylic acids is 1. The molecular formula is C19H15ClN4O3. The Bertz CT molecular complexity index is 1080. The van der Waals surface area contributed by atoms with Crippen molar-refractivity contribution in [1.82, 2.24) is 14.8 Å². The van der Waals surface area contributed by atoms with Crippen molar-refractivity contribution in [2.24, 2.45) is 0 Å². The van der Waals surface area contributed by atoms with Crippen LogP contribution in [-0.4, -0.2) is 39.5 Å². The van der Waals surface area contributed by atoms with Gasteiger partial charge in [-0.25, -0.2) is 9.80 Å². The van der Waals surface area contributed by atoms with Crippen molar-refractivity contribution < 1.29 is 9.90 Å².